The molecule has 0 atom stereocenters. The zero-order chi connectivity index (χ0) is 16.6. The van der Waals surface area contributed by atoms with Gasteiger partial charge in [-0.3, -0.25) is 4.98 Å². The van der Waals surface area contributed by atoms with Gasteiger partial charge in [0.15, 0.2) is 0 Å². The van der Waals surface area contributed by atoms with Crippen molar-refractivity contribution in [2.75, 3.05) is 7.11 Å². The zero-order valence-electron chi connectivity index (χ0n) is 12.6. The standard InChI is InChI=1S/C18H14ClNO3/c1-10-4-3-5-15(23-2)16(10)17-13-8-11(18(21)22)6-7-12(13)14(19)9-20-17/h3-9H,1-2H3,(H,21,22). The summed E-state index contributed by atoms with van der Waals surface area (Å²) in [6, 6.07) is 10.6. The van der Waals surface area contributed by atoms with E-state index in [0.29, 0.717) is 21.9 Å². The third-order valence-electron chi connectivity index (χ3n) is 3.78. The number of carbonyl (C=O) groups is 1. The quantitative estimate of drug-likeness (QED) is 0.765. The van der Waals surface area contributed by atoms with Crippen LogP contribution in [0.1, 0.15) is 15.9 Å². The van der Waals surface area contributed by atoms with E-state index in [1.807, 2.05) is 25.1 Å². The molecule has 1 N–H and O–H groups in total. The average molecular weight is 328 g/mol. The fraction of sp³-hybridized carbons (Fsp3) is 0.111. The van der Waals surface area contributed by atoms with Gasteiger partial charge in [0, 0.05) is 22.5 Å². The van der Waals surface area contributed by atoms with Crippen molar-refractivity contribution in [3.63, 3.8) is 0 Å². The topological polar surface area (TPSA) is 59.4 Å². The summed E-state index contributed by atoms with van der Waals surface area (Å²) in [6.07, 6.45) is 1.57. The number of nitrogens with zero attached hydrogens (tertiary/aromatic N) is 1. The fourth-order valence-electron chi connectivity index (χ4n) is 2.66. The van der Waals surface area contributed by atoms with Crippen LogP contribution in [0.15, 0.2) is 42.6 Å². The number of aryl methyl sites for hydroxylation is 1. The molecule has 23 heavy (non-hydrogen) atoms. The van der Waals surface area contributed by atoms with Gasteiger partial charge in [0.05, 0.1) is 23.4 Å². The Morgan fingerprint density at radius 1 is 1.22 bits per heavy atom. The van der Waals surface area contributed by atoms with Crippen LogP contribution in [0.25, 0.3) is 22.0 Å². The van der Waals surface area contributed by atoms with E-state index >= 15 is 0 Å². The Balaban J connectivity index is 2.41. The number of fused-ring (bicyclic) bond motifs is 1. The van der Waals surface area contributed by atoms with Gasteiger partial charge in [-0.1, -0.05) is 29.8 Å². The lowest BCUT2D eigenvalue weighted by Gasteiger charge is -2.14. The summed E-state index contributed by atoms with van der Waals surface area (Å²) >= 11 is 6.22. The van der Waals surface area contributed by atoms with E-state index in [1.165, 1.54) is 6.07 Å². The van der Waals surface area contributed by atoms with Crippen LogP contribution >= 0.6 is 11.6 Å². The first kappa shape index (κ1) is 15.3. The highest BCUT2D eigenvalue weighted by Crippen LogP contribution is 2.38. The van der Waals surface area contributed by atoms with Crippen LogP contribution in [0.4, 0.5) is 0 Å². The van der Waals surface area contributed by atoms with Gasteiger partial charge < -0.3 is 9.84 Å². The Kier molecular flexibility index (Phi) is 3.92. The molecule has 4 nitrogen and oxygen atoms in total. The molecular formula is C18H14ClNO3. The normalized spacial score (nSPS) is 10.7. The van der Waals surface area contributed by atoms with Crippen molar-refractivity contribution in [2.45, 2.75) is 6.92 Å². The molecule has 0 unspecified atom stereocenters. The molecule has 0 aliphatic heterocycles. The molecule has 5 heteroatoms. The van der Waals surface area contributed by atoms with E-state index < -0.39 is 5.97 Å². The van der Waals surface area contributed by atoms with Crippen LogP contribution in [0.5, 0.6) is 5.75 Å². The molecule has 0 saturated heterocycles. The molecular weight excluding hydrogens is 314 g/mol. The number of rotatable bonds is 3. The van der Waals surface area contributed by atoms with Gasteiger partial charge in [-0.25, -0.2) is 4.79 Å². The van der Waals surface area contributed by atoms with Gasteiger partial charge >= 0.3 is 5.97 Å². The first-order valence-electron chi connectivity index (χ1n) is 6.98. The number of aromatic carboxylic acids is 1. The van der Waals surface area contributed by atoms with Gasteiger partial charge in [0.1, 0.15) is 5.75 Å². The highest BCUT2D eigenvalue weighted by atomic mass is 35.5. The number of pyridine rings is 1. The van der Waals surface area contributed by atoms with E-state index in [9.17, 15) is 9.90 Å². The lowest BCUT2D eigenvalue weighted by molar-refractivity contribution is 0.0697. The Hall–Kier alpha value is -2.59. The molecule has 0 spiro atoms. The largest absolute Gasteiger partial charge is 0.496 e. The predicted molar refractivity (Wildman–Crippen MR) is 90.4 cm³/mol. The molecule has 2 aromatic carbocycles. The number of aromatic nitrogens is 1. The molecule has 0 saturated carbocycles. The van der Waals surface area contributed by atoms with Crippen LogP contribution in [0.2, 0.25) is 5.02 Å². The highest BCUT2D eigenvalue weighted by molar-refractivity contribution is 6.35. The summed E-state index contributed by atoms with van der Waals surface area (Å²) in [5.41, 5.74) is 2.67. The Morgan fingerprint density at radius 2 is 2.00 bits per heavy atom. The second-order valence-electron chi connectivity index (χ2n) is 5.17. The molecule has 0 amide bonds. The smallest absolute Gasteiger partial charge is 0.335 e. The number of hydrogen-bond acceptors (Lipinski definition) is 3. The van der Waals surface area contributed by atoms with E-state index in [2.05, 4.69) is 4.98 Å². The van der Waals surface area contributed by atoms with Gasteiger partial charge in [0.2, 0.25) is 0 Å². The van der Waals surface area contributed by atoms with Crippen LogP contribution < -0.4 is 4.74 Å². The molecule has 116 valence electrons. The number of methoxy groups -OCH3 is 1. The van der Waals surface area contributed by atoms with E-state index in [0.717, 1.165) is 16.5 Å². The monoisotopic (exact) mass is 327 g/mol. The molecule has 3 rings (SSSR count). The summed E-state index contributed by atoms with van der Waals surface area (Å²) in [5, 5.41) is 11.2. The lowest BCUT2D eigenvalue weighted by atomic mass is 9.98. The zero-order valence-corrected chi connectivity index (χ0v) is 13.4. The van der Waals surface area contributed by atoms with E-state index in [1.54, 1.807) is 25.4 Å². The van der Waals surface area contributed by atoms with Gasteiger partial charge in [-0.2, -0.15) is 0 Å². The second-order valence-corrected chi connectivity index (χ2v) is 5.58. The lowest BCUT2D eigenvalue weighted by Crippen LogP contribution is -1.98. The molecule has 1 heterocycles. The maximum atomic E-state index is 11.3. The number of hydrogen-bond donors (Lipinski definition) is 1. The van der Waals surface area contributed by atoms with Gasteiger partial charge in [-0.15, -0.1) is 0 Å². The van der Waals surface area contributed by atoms with Crippen LogP contribution in [-0.4, -0.2) is 23.2 Å². The molecule has 0 radical (unpaired) electrons. The van der Waals surface area contributed by atoms with Crippen LogP contribution in [0, 0.1) is 6.92 Å². The number of ether oxygens (including phenoxy) is 1. The number of carboxylic acids is 1. The summed E-state index contributed by atoms with van der Waals surface area (Å²) in [4.78, 5) is 15.7. The summed E-state index contributed by atoms with van der Waals surface area (Å²) in [5.74, 6) is -0.309. The van der Waals surface area contributed by atoms with Crippen molar-refractivity contribution in [3.05, 3.63) is 58.7 Å². The minimum atomic E-state index is -0.991. The third kappa shape index (κ3) is 2.62. The molecule has 1 aromatic heterocycles. The van der Waals surface area contributed by atoms with Crippen LogP contribution in [-0.2, 0) is 0 Å². The Morgan fingerprint density at radius 3 is 2.70 bits per heavy atom. The predicted octanol–water partition coefficient (Wildman–Crippen LogP) is 4.57. The van der Waals surface area contributed by atoms with Gasteiger partial charge in [-0.05, 0) is 30.7 Å². The Bertz CT molecular complexity index is 922. The molecule has 0 bridgehead atoms. The Labute approximate surface area is 138 Å². The van der Waals surface area contributed by atoms with Crippen molar-refractivity contribution in [1.82, 2.24) is 4.98 Å². The second kappa shape index (κ2) is 5.89. The average Bonchev–Trinajstić information content (AvgIpc) is 2.55. The van der Waals surface area contributed by atoms with Crippen molar-refractivity contribution in [3.8, 4) is 17.0 Å². The van der Waals surface area contributed by atoms with Crippen molar-refractivity contribution in [2.24, 2.45) is 0 Å². The summed E-state index contributed by atoms with van der Waals surface area (Å²) < 4.78 is 5.45. The fourth-order valence-corrected chi connectivity index (χ4v) is 2.87. The molecule has 3 aromatic rings. The first-order valence-corrected chi connectivity index (χ1v) is 7.36. The van der Waals surface area contributed by atoms with Crippen molar-refractivity contribution < 1.29 is 14.6 Å². The number of benzene rings is 2. The highest BCUT2D eigenvalue weighted by Gasteiger charge is 2.16. The molecule has 0 aliphatic carbocycles. The third-order valence-corrected chi connectivity index (χ3v) is 4.08. The maximum absolute atomic E-state index is 11.3. The van der Waals surface area contributed by atoms with E-state index in [-0.39, 0.29) is 5.56 Å². The summed E-state index contributed by atoms with van der Waals surface area (Å²) in [6.45, 7) is 1.96. The molecule has 0 fully saturated rings. The number of halogens is 1. The minimum Gasteiger partial charge on any atom is -0.496 e. The first-order chi connectivity index (χ1) is 11.0. The molecule has 0 aliphatic rings. The minimum absolute atomic E-state index is 0.190. The van der Waals surface area contributed by atoms with Gasteiger partial charge in [0.25, 0.3) is 0 Å². The van der Waals surface area contributed by atoms with Crippen molar-refractivity contribution >= 4 is 28.3 Å². The summed E-state index contributed by atoms with van der Waals surface area (Å²) in [7, 11) is 1.60. The van der Waals surface area contributed by atoms with Crippen LogP contribution in [0.3, 0.4) is 0 Å². The maximum Gasteiger partial charge on any atom is 0.335 e. The van der Waals surface area contributed by atoms with E-state index in [4.69, 9.17) is 16.3 Å². The SMILES string of the molecule is COc1cccc(C)c1-c1ncc(Cl)c2ccc(C(=O)O)cc12. The van der Waals surface area contributed by atoms with Crippen molar-refractivity contribution in [1.29, 1.82) is 0 Å². The number of carboxylic acid groups (broad SMARTS) is 1.